The first-order valence-corrected chi connectivity index (χ1v) is 22.5. The Morgan fingerprint density at radius 2 is 1.58 bits per heavy atom. The van der Waals surface area contributed by atoms with Gasteiger partial charge in [-0.3, -0.25) is 48.5 Å². The van der Waals surface area contributed by atoms with Crippen molar-refractivity contribution in [2.24, 2.45) is 15.2 Å². The van der Waals surface area contributed by atoms with Crippen LogP contribution in [-0.4, -0.2) is 80.0 Å². The molecule has 338 valence electrons. The number of nitrogens with one attached hydrogen (secondary N) is 3. The largest absolute Gasteiger partial charge is 0.483 e. The molecule has 5 heterocycles. The summed E-state index contributed by atoms with van der Waals surface area (Å²) in [6.07, 6.45) is 0.687. The summed E-state index contributed by atoms with van der Waals surface area (Å²) in [6.45, 7) is 6.02. The van der Waals surface area contributed by atoms with Gasteiger partial charge in [-0.05, 0) is 105 Å². The molecule has 3 aliphatic heterocycles. The number of ether oxygens (including phenoxy) is 1. The molecule has 9 rings (SSSR count). The molecule has 0 bridgehead atoms. The minimum atomic E-state index is -1.12. The van der Waals surface area contributed by atoms with E-state index in [1.807, 2.05) is 60.0 Å². The van der Waals surface area contributed by atoms with Crippen LogP contribution in [0, 0.1) is 20.8 Å². The maximum Gasteiger partial charge on any atom is 0.266 e. The van der Waals surface area contributed by atoms with Crippen LogP contribution in [0.1, 0.15) is 84.8 Å². The number of aromatic nitrogens is 3. The maximum atomic E-state index is 13.5. The van der Waals surface area contributed by atoms with E-state index in [9.17, 15) is 28.8 Å². The van der Waals surface area contributed by atoms with Crippen LogP contribution in [-0.2, 0) is 25.6 Å². The molecule has 4 aromatic carbocycles. The first kappa shape index (κ1) is 44.5. The molecule has 19 heteroatoms. The molecule has 2 atom stereocenters. The van der Waals surface area contributed by atoms with Crippen LogP contribution in [0.25, 0.3) is 5.00 Å². The maximum absolute atomic E-state index is 13.5. The van der Waals surface area contributed by atoms with Crippen LogP contribution in [0.3, 0.4) is 0 Å². The highest BCUT2D eigenvalue weighted by atomic mass is 35.5. The second kappa shape index (κ2) is 18.7. The van der Waals surface area contributed by atoms with E-state index in [1.165, 1.54) is 23.1 Å². The van der Waals surface area contributed by atoms with Gasteiger partial charge in [0, 0.05) is 39.7 Å². The predicted octanol–water partition coefficient (Wildman–Crippen LogP) is 7.38. The molecule has 1 fully saturated rings. The second-order valence-corrected chi connectivity index (χ2v) is 17.7. The number of imide groups is 2. The van der Waals surface area contributed by atoms with Crippen molar-refractivity contribution < 1.29 is 33.5 Å². The van der Waals surface area contributed by atoms with E-state index >= 15 is 0 Å². The van der Waals surface area contributed by atoms with Crippen LogP contribution >= 0.6 is 22.9 Å². The Hall–Kier alpha value is -7.70. The molecule has 2 aromatic heterocycles. The molecule has 67 heavy (non-hydrogen) atoms. The first-order chi connectivity index (χ1) is 32.3. The molecule has 2 unspecified atom stereocenters. The van der Waals surface area contributed by atoms with Crippen molar-refractivity contribution in [2.75, 3.05) is 18.5 Å². The number of halogens is 1. The Bertz CT molecular complexity index is 3050. The van der Waals surface area contributed by atoms with Crippen molar-refractivity contribution in [1.82, 2.24) is 30.3 Å². The summed E-state index contributed by atoms with van der Waals surface area (Å²) in [5.41, 5.74) is 6.42. The molecule has 0 spiro atoms. The first-order valence-electron chi connectivity index (χ1n) is 21.3. The summed E-state index contributed by atoms with van der Waals surface area (Å²) >= 11 is 7.90. The molecule has 1 saturated heterocycles. The number of piperidine rings is 1. The lowest BCUT2D eigenvalue weighted by Gasteiger charge is -2.27. The fourth-order valence-corrected chi connectivity index (χ4v) is 9.47. The number of hydrogen-bond donors (Lipinski definition) is 3. The molecule has 0 aliphatic carbocycles. The van der Waals surface area contributed by atoms with Crippen molar-refractivity contribution in [3.05, 3.63) is 146 Å². The topological polar surface area (TPSA) is 219 Å². The van der Waals surface area contributed by atoms with Crippen LogP contribution in [0.2, 0.25) is 5.02 Å². The number of benzene rings is 4. The van der Waals surface area contributed by atoms with E-state index in [2.05, 4.69) is 50.2 Å². The highest BCUT2D eigenvalue weighted by Gasteiger charge is 2.46. The standard InChI is InChI=1S/C48H41ClN10O7S/c1-25-26(2)67-48-41(25)43(29-9-11-30(49)12-10-29)52-35(44-57-54-27(3)58(44)48)23-39(61)50-22-21-28-7-13-32(14-8-28)55-56-33-17-15-31(16-18-33)51-40(62)24-66-37-6-4-5-34-42(37)47(65)59(46(34)64)36-19-20-38(60)53-45(36)63/h4-18,35-36H,19-24H2,1-3H3,(H,50,61)(H,51,62)(H,53,60,63). The number of hydrogen-bond acceptors (Lipinski definition) is 13. The lowest BCUT2D eigenvalue weighted by Crippen LogP contribution is -2.54. The van der Waals surface area contributed by atoms with Crippen LogP contribution in [0.4, 0.5) is 17.1 Å². The number of azo groups is 1. The Kier molecular flexibility index (Phi) is 12.4. The number of aliphatic imine (C=N–C) groups is 1. The summed E-state index contributed by atoms with van der Waals surface area (Å²) in [6, 6.07) is 24.5. The monoisotopic (exact) mass is 936 g/mol. The smallest absolute Gasteiger partial charge is 0.266 e. The summed E-state index contributed by atoms with van der Waals surface area (Å²) in [7, 11) is 0. The zero-order valence-corrected chi connectivity index (χ0v) is 37.9. The lowest BCUT2D eigenvalue weighted by molar-refractivity contribution is -0.136. The average Bonchev–Trinajstić information content (AvgIpc) is 3.89. The Balaban J connectivity index is 0.760. The van der Waals surface area contributed by atoms with E-state index < -0.39 is 48.2 Å². The van der Waals surface area contributed by atoms with Crippen LogP contribution < -0.4 is 20.7 Å². The summed E-state index contributed by atoms with van der Waals surface area (Å²) in [4.78, 5) is 83.9. The zero-order chi connectivity index (χ0) is 46.9. The van der Waals surface area contributed by atoms with Gasteiger partial charge in [0.1, 0.15) is 28.7 Å². The van der Waals surface area contributed by atoms with Crippen molar-refractivity contribution in [2.45, 2.75) is 58.5 Å². The van der Waals surface area contributed by atoms with Gasteiger partial charge < -0.3 is 15.4 Å². The van der Waals surface area contributed by atoms with Gasteiger partial charge in [0.15, 0.2) is 12.4 Å². The number of thiophene rings is 1. The SMILES string of the molecule is Cc1sc2c(c1C)C(c1ccc(Cl)cc1)=NC(CC(=O)NCCc1ccc(N=Nc3ccc(NC(=O)COc4cccc5c4C(=O)N(C4CCC(=O)NC4=O)C5=O)cc3)cc1)c1nnc(C)n1-2. The van der Waals surface area contributed by atoms with Crippen molar-refractivity contribution in [3.63, 3.8) is 0 Å². The minimum absolute atomic E-state index is 0.00478. The third-order valence-electron chi connectivity index (χ3n) is 11.6. The van der Waals surface area contributed by atoms with Crippen molar-refractivity contribution in [3.8, 4) is 10.8 Å². The summed E-state index contributed by atoms with van der Waals surface area (Å²) in [5.74, 6) is -1.93. The third kappa shape index (κ3) is 9.13. The fourth-order valence-electron chi connectivity index (χ4n) is 8.13. The van der Waals surface area contributed by atoms with Crippen LogP contribution in [0.5, 0.6) is 5.75 Å². The number of amides is 6. The molecular weight excluding hydrogens is 896 g/mol. The van der Waals surface area contributed by atoms with Gasteiger partial charge in [-0.2, -0.15) is 10.2 Å². The molecule has 0 saturated carbocycles. The molecule has 3 aliphatic rings. The zero-order valence-electron chi connectivity index (χ0n) is 36.3. The number of nitrogens with zero attached hydrogens (tertiary/aromatic N) is 7. The molecule has 6 amide bonds. The third-order valence-corrected chi connectivity index (χ3v) is 13.1. The number of carbonyl (C=O) groups is 6. The molecule has 0 radical (unpaired) electrons. The van der Waals surface area contributed by atoms with Gasteiger partial charge in [-0.15, -0.1) is 21.5 Å². The number of anilines is 1. The minimum Gasteiger partial charge on any atom is -0.483 e. The quantitative estimate of drug-likeness (QED) is 0.0776. The normalized spacial score (nSPS) is 16.5. The van der Waals surface area contributed by atoms with Gasteiger partial charge in [-0.1, -0.05) is 41.9 Å². The Labute approximate surface area is 392 Å². The second-order valence-electron chi connectivity index (χ2n) is 16.1. The lowest BCUT2D eigenvalue weighted by atomic mass is 9.99. The Morgan fingerprint density at radius 3 is 2.30 bits per heavy atom. The number of rotatable bonds is 13. The summed E-state index contributed by atoms with van der Waals surface area (Å²) < 4.78 is 7.70. The highest BCUT2D eigenvalue weighted by Crippen LogP contribution is 2.40. The van der Waals surface area contributed by atoms with Gasteiger partial charge in [0.2, 0.25) is 17.7 Å². The van der Waals surface area contributed by atoms with Gasteiger partial charge in [0.05, 0.1) is 34.6 Å². The van der Waals surface area contributed by atoms with Gasteiger partial charge in [0.25, 0.3) is 17.7 Å². The van der Waals surface area contributed by atoms with E-state index in [0.717, 1.165) is 43.7 Å². The fraction of sp³-hybridized carbons (Fsp3) is 0.229. The molecular formula is C48H41ClN10O7S. The highest BCUT2D eigenvalue weighted by molar-refractivity contribution is 7.15. The molecule has 3 N–H and O–H groups in total. The number of fused-ring (bicyclic) bond motifs is 4. The number of carbonyl (C=O) groups excluding carboxylic acids is 6. The van der Waals surface area contributed by atoms with E-state index in [4.69, 9.17) is 21.3 Å². The van der Waals surface area contributed by atoms with E-state index in [0.29, 0.717) is 40.9 Å². The van der Waals surface area contributed by atoms with Crippen LogP contribution in [0.15, 0.2) is 106 Å². The van der Waals surface area contributed by atoms with E-state index in [1.54, 1.807) is 35.6 Å². The average molecular weight is 937 g/mol. The molecule has 17 nitrogen and oxygen atoms in total. The Morgan fingerprint density at radius 1 is 0.866 bits per heavy atom. The van der Waals surface area contributed by atoms with Crippen molar-refractivity contribution in [1.29, 1.82) is 0 Å². The van der Waals surface area contributed by atoms with E-state index in [-0.39, 0.29) is 42.0 Å². The van der Waals surface area contributed by atoms with Crippen molar-refractivity contribution >= 4 is 81.2 Å². The molecule has 6 aromatic rings. The predicted molar refractivity (Wildman–Crippen MR) is 249 cm³/mol. The number of aryl methyl sites for hydroxylation is 2. The van der Waals surface area contributed by atoms with Gasteiger partial charge >= 0.3 is 0 Å². The van der Waals surface area contributed by atoms with Gasteiger partial charge in [-0.25, -0.2) is 0 Å². The summed E-state index contributed by atoms with van der Waals surface area (Å²) in [5, 5.41) is 27.1.